The van der Waals surface area contributed by atoms with Gasteiger partial charge >= 0.3 is 72.7 Å². The Bertz CT molecular complexity index is 541. The first kappa shape index (κ1) is 33.3. The fourth-order valence-corrected chi connectivity index (χ4v) is 1.13. The van der Waals surface area contributed by atoms with Gasteiger partial charge in [0.25, 0.3) is 0 Å². The molecular formula is C16H14F6FeNO2P+. The zero-order valence-corrected chi connectivity index (χ0v) is 15.7. The largest absolute Gasteiger partial charge is 2.00 e. The van der Waals surface area contributed by atoms with Gasteiger partial charge in [-0.2, -0.15) is 0 Å². The Morgan fingerprint density at radius 3 is 1.26 bits per heavy atom. The molecule has 5 radical (unpaired) electrons. The summed E-state index contributed by atoms with van der Waals surface area (Å²) in [6, 6.07) is 9.82. The van der Waals surface area contributed by atoms with Crippen molar-refractivity contribution in [3.8, 4) is 0 Å². The molecule has 0 aliphatic heterocycles. The van der Waals surface area contributed by atoms with E-state index in [1.165, 1.54) is 0 Å². The van der Waals surface area contributed by atoms with Crippen molar-refractivity contribution in [2.45, 2.75) is 13.0 Å². The fraction of sp³-hybridized carbons (Fsp3) is 0.125. The molecule has 0 aromatic heterocycles. The Kier molecular flexibility index (Phi) is 18.2. The predicted molar refractivity (Wildman–Crippen MR) is 84.4 cm³/mol. The maximum atomic E-state index is 9.87. The van der Waals surface area contributed by atoms with E-state index in [1.54, 1.807) is 0 Å². The van der Waals surface area contributed by atoms with Gasteiger partial charge < -0.3 is 4.85 Å². The first-order chi connectivity index (χ1) is 11.8. The Morgan fingerprint density at radius 2 is 1.04 bits per heavy atom. The van der Waals surface area contributed by atoms with E-state index in [4.69, 9.17) is 15.9 Å². The predicted octanol–water partition coefficient (Wildman–Crippen LogP) is 6.99. The number of nitrogens with zero attached hydrogens (tertiary/aromatic N) is 1. The molecule has 0 bridgehead atoms. The Balaban J connectivity index is -0.000000137. The van der Waals surface area contributed by atoms with Crippen LogP contribution < -0.4 is 0 Å². The second-order valence-corrected chi connectivity index (χ2v) is 6.05. The maximum absolute atomic E-state index is 10.7. The van der Waals surface area contributed by atoms with Crippen LogP contribution in [-0.4, -0.2) is 0 Å². The number of benzene rings is 1. The summed E-state index contributed by atoms with van der Waals surface area (Å²) in [5.74, 6) is 0. The number of hydrogen-bond donors (Lipinski definition) is 0. The molecule has 1 aromatic rings. The van der Waals surface area contributed by atoms with Gasteiger partial charge in [-0.1, -0.05) is 30.3 Å². The van der Waals surface area contributed by atoms with Gasteiger partial charge in [0.1, 0.15) is 0 Å². The molecule has 0 amide bonds. The minimum Gasteiger partial charge on any atom is -0.0312 e. The van der Waals surface area contributed by atoms with Gasteiger partial charge in [0.05, 0.1) is 0 Å². The third-order valence-electron chi connectivity index (χ3n) is 2.03. The van der Waals surface area contributed by atoms with Gasteiger partial charge in [0.15, 0.2) is 0 Å². The Labute approximate surface area is 165 Å². The molecule has 0 saturated heterocycles. The van der Waals surface area contributed by atoms with Gasteiger partial charge in [0, 0.05) is 12.5 Å². The van der Waals surface area contributed by atoms with E-state index in [9.17, 15) is 25.2 Å². The van der Waals surface area contributed by atoms with Crippen LogP contribution in [0, 0.1) is 52.0 Å². The van der Waals surface area contributed by atoms with Crippen LogP contribution >= 0.6 is 7.81 Å². The fourth-order valence-electron chi connectivity index (χ4n) is 1.13. The molecule has 149 valence electrons. The van der Waals surface area contributed by atoms with Crippen molar-refractivity contribution in [1.29, 1.82) is 0 Å². The minimum absolute atomic E-state index is 0. The molecule has 3 nitrogen and oxygen atoms in total. The quantitative estimate of drug-likeness (QED) is 0.145. The topological polar surface area (TPSA) is 44.2 Å². The molecule has 1 aromatic carbocycles. The molecule has 0 heterocycles. The smallest absolute Gasteiger partial charge is 0.0312 e. The van der Waals surface area contributed by atoms with Crippen LogP contribution in [0.1, 0.15) is 18.5 Å². The van der Waals surface area contributed by atoms with Crippen molar-refractivity contribution in [2.75, 3.05) is 0 Å². The second kappa shape index (κ2) is 14.7. The average molecular weight is 453 g/mol. The van der Waals surface area contributed by atoms with Crippen LogP contribution in [0.5, 0.6) is 0 Å². The van der Waals surface area contributed by atoms with Crippen LogP contribution in [-0.2, 0) is 26.4 Å². The zero-order valence-electron chi connectivity index (χ0n) is 13.7. The molecule has 1 aliphatic carbocycles. The molecule has 0 spiro atoms. The first-order valence-electron chi connectivity index (χ1n) is 6.35. The number of rotatable bonds is 1. The van der Waals surface area contributed by atoms with Crippen molar-refractivity contribution >= 4 is 7.81 Å². The molecular weight excluding hydrogens is 439 g/mol. The summed E-state index contributed by atoms with van der Waals surface area (Å²) in [6.07, 6.45) is 10.0. The summed E-state index contributed by atoms with van der Waals surface area (Å²) < 4.78 is 74.2. The Morgan fingerprint density at radius 1 is 0.778 bits per heavy atom. The number of halogens is 6. The summed E-state index contributed by atoms with van der Waals surface area (Å²) in [6.45, 7) is 17.7. The van der Waals surface area contributed by atoms with Gasteiger partial charge in [-0.3, -0.25) is 0 Å². The van der Waals surface area contributed by atoms with E-state index in [-0.39, 0.29) is 23.1 Å². The summed E-state index contributed by atoms with van der Waals surface area (Å²) >= 11 is 0. The monoisotopic (exact) mass is 453 g/mol. The van der Waals surface area contributed by atoms with Crippen LogP contribution in [0.15, 0.2) is 30.3 Å². The Hall–Kier alpha value is -1.28. The van der Waals surface area contributed by atoms with E-state index in [0.717, 1.165) is 5.56 Å². The normalized spacial score (nSPS) is 15.0. The van der Waals surface area contributed by atoms with Crippen molar-refractivity contribution in [3.63, 3.8) is 0 Å². The third kappa shape index (κ3) is 40.6. The first-order valence-corrected chi connectivity index (χ1v) is 8.38. The molecule has 0 unspecified atom stereocenters. The van der Waals surface area contributed by atoms with Gasteiger partial charge in [-0.05, 0) is 32.1 Å². The zero-order chi connectivity index (χ0) is 21.3. The second-order valence-electron chi connectivity index (χ2n) is 4.14. The van der Waals surface area contributed by atoms with Crippen molar-refractivity contribution in [1.82, 2.24) is 0 Å². The van der Waals surface area contributed by atoms with E-state index < -0.39 is 7.81 Å². The molecule has 1 atom stereocenters. The summed E-state index contributed by atoms with van der Waals surface area (Å²) in [5.41, 5.74) is 1.09. The van der Waals surface area contributed by atoms with Crippen molar-refractivity contribution in [2.24, 2.45) is 0 Å². The van der Waals surface area contributed by atoms with Gasteiger partial charge in [-0.15, -0.1) is 0 Å². The molecule has 1 saturated carbocycles. The van der Waals surface area contributed by atoms with Crippen LogP contribution in [0.25, 0.3) is 4.85 Å². The third-order valence-corrected chi connectivity index (χ3v) is 2.03. The van der Waals surface area contributed by atoms with E-state index in [2.05, 4.69) is 18.1 Å². The maximum Gasteiger partial charge on any atom is 2.00 e. The summed E-state index contributed by atoms with van der Waals surface area (Å²) in [5, 5.41) is 0. The minimum atomic E-state index is -10.7. The van der Waals surface area contributed by atoms with E-state index in [1.807, 2.05) is 69.4 Å². The average Bonchev–Trinajstić information content (AvgIpc) is 3.15. The SMILES string of the molecule is F[P-](F)(F)(F)(F)F.[C-]#[N+][C@@H](C)c1ccccc1.[C-]#[O+].[C-]#[O+].[CH]1[CH][CH][CH][CH]1.[Fe+2]. The molecule has 0 N–H and O–H groups in total. The molecule has 1 fully saturated rings. The summed E-state index contributed by atoms with van der Waals surface area (Å²) in [7, 11) is -10.7. The van der Waals surface area contributed by atoms with Crippen LogP contribution in [0.4, 0.5) is 25.2 Å². The molecule has 27 heavy (non-hydrogen) atoms. The standard InChI is InChI=1S/C9H9N.C5H5.2CO.F6P.Fe/c1-8(10-2)9-6-4-3-5-7-9;1-2-4-5-3-1;2*1-2;1-7(2,3,4,5)6;/h3-8H,1H3;1-5H;;;;/q;;;;-1;+2/t8-;;;;;/m0...../s1. The van der Waals surface area contributed by atoms with E-state index in [0.29, 0.717) is 0 Å². The van der Waals surface area contributed by atoms with Crippen LogP contribution in [0.3, 0.4) is 0 Å². The van der Waals surface area contributed by atoms with Crippen molar-refractivity contribution < 1.29 is 51.6 Å². The van der Waals surface area contributed by atoms with Crippen molar-refractivity contribution in [3.05, 3.63) is 92.7 Å². The van der Waals surface area contributed by atoms with E-state index >= 15 is 0 Å². The molecule has 2 rings (SSSR count). The van der Waals surface area contributed by atoms with Gasteiger partial charge in [-0.25, -0.2) is 6.57 Å². The summed E-state index contributed by atoms with van der Waals surface area (Å²) in [4.78, 5) is 3.41. The molecule has 1 aliphatic rings. The number of hydrogen-bond acceptors (Lipinski definition) is 0. The van der Waals surface area contributed by atoms with Gasteiger partial charge in [0.2, 0.25) is 6.04 Å². The van der Waals surface area contributed by atoms with Crippen LogP contribution in [0.2, 0.25) is 0 Å². The molecule has 11 heteroatoms.